The Morgan fingerprint density at radius 2 is 2.05 bits per heavy atom. The van der Waals surface area contributed by atoms with Gasteiger partial charge in [-0.25, -0.2) is 0 Å². The Hall–Kier alpha value is -1.26. The molecular formula is C16H26N2O2. The molecule has 4 nitrogen and oxygen atoms in total. The van der Waals surface area contributed by atoms with Crippen LogP contribution in [0.25, 0.3) is 0 Å². The first-order valence-electron chi connectivity index (χ1n) is 7.35. The van der Waals surface area contributed by atoms with E-state index in [1.54, 1.807) is 14.2 Å². The zero-order valence-corrected chi connectivity index (χ0v) is 12.8. The highest BCUT2D eigenvalue weighted by Gasteiger charge is 2.15. The zero-order chi connectivity index (χ0) is 14.4. The quantitative estimate of drug-likeness (QED) is 0.826. The third-order valence-electron chi connectivity index (χ3n) is 3.92. The minimum Gasteiger partial charge on any atom is -0.493 e. The summed E-state index contributed by atoms with van der Waals surface area (Å²) in [5.41, 5.74) is 1.29. The average molecular weight is 278 g/mol. The van der Waals surface area contributed by atoms with Crippen molar-refractivity contribution in [2.45, 2.75) is 25.3 Å². The van der Waals surface area contributed by atoms with Crippen LogP contribution in [-0.2, 0) is 6.42 Å². The fourth-order valence-corrected chi connectivity index (χ4v) is 2.74. The molecule has 2 rings (SSSR count). The van der Waals surface area contributed by atoms with Crippen LogP contribution < -0.4 is 14.8 Å². The summed E-state index contributed by atoms with van der Waals surface area (Å²) >= 11 is 0. The van der Waals surface area contributed by atoms with Crippen molar-refractivity contribution >= 4 is 0 Å². The van der Waals surface area contributed by atoms with Crippen LogP contribution >= 0.6 is 0 Å². The first-order valence-corrected chi connectivity index (χ1v) is 7.35. The second kappa shape index (κ2) is 7.50. The van der Waals surface area contributed by atoms with Gasteiger partial charge in [0.05, 0.1) is 14.2 Å². The molecule has 1 atom stereocenters. The van der Waals surface area contributed by atoms with Gasteiger partial charge in [0.1, 0.15) is 0 Å². The highest BCUT2D eigenvalue weighted by Crippen LogP contribution is 2.27. The van der Waals surface area contributed by atoms with Crippen LogP contribution in [0, 0.1) is 0 Å². The number of benzene rings is 1. The van der Waals surface area contributed by atoms with Gasteiger partial charge in [-0.05, 0) is 50.6 Å². The van der Waals surface area contributed by atoms with Crippen molar-refractivity contribution in [1.29, 1.82) is 0 Å². The lowest BCUT2D eigenvalue weighted by molar-refractivity contribution is 0.303. The Morgan fingerprint density at radius 3 is 2.70 bits per heavy atom. The molecule has 112 valence electrons. The fourth-order valence-electron chi connectivity index (χ4n) is 2.74. The molecule has 1 aliphatic rings. The smallest absolute Gasteiger partial charge is 0.160 e. The van der Waals surface area contributed by atoms with E-state index >= 15 is 0 Å². The molecule has 1 aliphatic heterocycles. The number of methoxy groups -OCH3 is 2. The van der Waals surface area contributed by atoms with Gasteiger partial charge in [-0.3, -0.25) is 0 Å². The third kappa shape index (κ3) is 4.12. The Labute approximate surface area is 122 Å². The lowest BCUT2D eigenvalue weighted by Gasteiger charge is -2.21. The van der Waals surface area contributed by atoms with Gasteiger partial charge in [-0.15, -0.1) is 0 Å². The molecule has 1 aromatic rings. The number of rotatable bonds is 7. The van der Waals surface area contributed by atoms with E-state index in [4.69, 9.17) is 9.47 Å². The lowest BCUT2D eigenvalue weighted by Crippen LogP contribution is -2.36. The molecule has 1 heterocycles. The van der Waals surface area contributed by atoms with Crippen molar-refractivity contribution in [1.82, 2.24) is 10.2 Å². The predicted octanol–water partition coefficient (Wildman–Crippen LogP) is 1.93. The second-order valence-corrected chi connectivity index (χ2v) is 5.49. The monoisotopic (exact) mass is 278 g/mol. The molecular weight excluding hydrogens is 252 g/mol. The van der Waals surface area contributed by atoms with E-state index in [0.29, 0.717) is 6.04 Å². The summed E-state index contributed by atoms with van der Waals surface area (Å²) in [6.07, 6.45) is 3.65. The summed E-state index contributed by atoms with van der Waals surface area (Å²) in [5.74, 6) is 1.60. The minimum atomic E-state index is 0.672. The molecule has 0 spiro atoms. The van der Waals surface area contributed by atoms with Crippen LogP contribution in [0.5, 0.6) is 11.5 Å². The summed E-state index contributed by atoms with van der Waals surface area (Å²) in [6.45, 7) is 3.37. The minimum absolute atomic E-state index is 0.672. The van der Waals surface area contributed by atoms with Crippen LogP contribution in [-0.4, -0.2) is 51.8 Å². The zero-order valence-electron chi connectivity index (χ0n) is 12.8. The van der Waals surface area contributed by atoms with Gasteiger partial charge in [-0.2, -0.15) is 0 Å². The summed E-state index contributed by atoms with van der Waals surface area (Å²) in [4.78, 5) is 2.40. The molecule has 20 heavy (non-hydrogen) atoms. The Morgan fingerprint density at radius 1 is 1.25 bits per heavy atom. The molecule has 0 aromatic heterocycles. The predicted molar refractivity (Wildman–Crippen MR) is 81.8 cm³/mol. The summed E-state index contributed by atoms with van der Waals surface area (Å²) in [6, 6.07) is 6.83. The molecule has 1 saturated heterocycles. The van der Waals surface area contributed by atoms with E-state index in [2.05, 4.69) is 29.4 Å². The summed E-state index contributed by atoms with van der Waals surface area (Å²) in [5, 5.41) is 3.54. The average Bonchev–Trinajstić information content (AvgIpc) is 2.97. The van der Waals surface area contributed by atoms with Gasteiger partial charge in [0.25, 0.3) is 0 Å². The van der Waals surface area contributed by atoms with E-state index in [1.807, 2.05) is 6.07 Å². The van der Waals surface area contributed by atoms with E-state index in [9.17, 15) is 0 Å². The normalized spacial score (nSPS) is 18.5. The maximum atomic E-state index is 5.34. The van der Waals surface area contributed by atoms with Crippen molar-refractivity contribution in [3.8, 4) is 11.5 Å². The maximum absolute atomic E-state index is 5.34. The molecule has 0 amide bonds. The highest BCUT2D eigenvalue weighted by molar-refractivity contribution is 5.42. The van der Waals surface area contributed by atoms with Gasteiger partial charge >= 0.3 is 0 Å². The van der Waals surface area contributed by atoms with E-state index in [1.165, 1.54) is 24.9 Å². The fraction of sp³-hybridized carbons (Fsp3) is 0.625. The largest absolute Gasteiger partial charge is 0.493 e. The number of ether oxygens (including phenoxy) is 2. The molecule has 0 bridgehead atoms. The van der Waals surface area contributed by atoms with E-state index < -0.39 is 0 Å². The van der Waals surface area contributed by atoms with Gasteiger partial charge in [0, 0.05) is 19.1 Å². The standard InChI is InChI=1S/C16H26N2O2/c1-18(12-14-5-4-9-17-14)10-8-13-6-7-15(19-2)16(11-13)20-3/h6-7,11,14,17H,4-5,8-10,12H2,1-3H3. The lowest BCUT2D eigenvalue weighted by atomic mass is 10.1. The first kappa shape index (κ1) is 15.1. The molecule has 0 saturated carbocycles. The Bertz CT molecular complexity index is 417. The van der Waals surface area contributed by atoms with E-state index in [0.717, 1.165) is 31.0 Å². The highest BCUT2D eigenvalue weighted by atomic mass is 16.5. The molecule has 4 heteroatoms. The van der Waals surface area contributed by atoms with Gasteiger partial charge in [0.15, 0.2) is 11.5 Å². The van der Waals surface area contributed by atoms with Crippen LogP contribution in [0.1, 0.15) is 18.4 Å². The maximum Gasteiger partial charge on any atom is 0.160 e. The number of hydrogen-bond acceptors (Lipinski definition) is 4. The van der Waals surface area contributed by atoms with Crippen molar-refractivity contribution in [3.05, 3.63) is 23.8 Å². The molecule has 1 N–H and O–H groups in total. The van der Waals surface area contributed by atoms with Gasteiger partial charge < -0.3 is 19.7 Å². The SMILES string of the molecule is COc1ccc(CCN(C)CC2CCCN2)cc1OC. The van der Waals surface area contributed by atoms with Crippen molar-refractivity contribution in [2.24, 2.45) is 0 Å². The Balaban J connectivity index is 1.83. The van der Waals surface area contributed by atoms with Crippen LogP contribution in [0.2, 0.25) is 0 Å². The van der Waals surface area contributed by atoms with Gasteiger partial charge in [-0.1, -0.05) is 6.07 Å². The van der Waals surface area contributed by atoms with Crippen molar-refractivity contribution < 1.29 is 9.47 Å². The van der Waals surface area contributed by atoms with Crippen LogP contribution in [0.15, 0.2) is 18.2 Å². The molecule has 0 aliphatic carbocycles. The van der Waals surface area contributed by atoms with Crippen molar-refractivity contribution in [2.75, 3.05) is 40.9 Å². The summed E-state index contributed by atoms with van der Waals surface area (Å²) < 4.78 is 10.6. The Kier molecular flexibility index (Phi) is 5.68. The topological polar surface area (TPSA) is 33.7 Å². The number of nitrogens with one attached hydrogen (secondary N) is 1. The van der Waals surface area contributed by atoms with Gasteiger partial charge in [0.2, 0.25) is 0 Å². The molecule has 1 unspecified atom stereocenters. The van der Waals surface area contributed by atoms with Crippen LogP contribution in [0.3, 0.4) is 0 Å². The number of likely N-dealkylation sites (N-methyl/N-ethyl adjacent to an activating group) is 1. The van der Waals surface area contributed by atoms with Crippen molar-refractivity contribution in [3.63, 3.8) is 0 Å². The first-order chi connectivity index (χ1) is 9.72. The molecule has 0 radical (unpaired) electrons. The summed E-state index contributed by atoms with van der Waals surface area (Å²) in [7, 11) is 5.54. The second-order valence-electron chi connectivity index (χ2n) is 5.49. The third-order valence-corrected chi connectivity index (χ3v) is 3.92. The number of nitrogens with zero attached hydrogens (tertiary/aromatic N) is 1. The number of hydrogen-bond donors (Lipinski definition) is 1. The van der Waals surface area contributed by atoms with E-state index in [-0.39, 0.29) is 0 Å². The van der Waals surface area contributed by atoms with Crippen LogP contribution in [0.4, 0.5) is 0 Å². The molecule has 1 aromatic carbocycles. The molecule has 1 fully saturated rings.